The Morgan fingerprint density at radius 3 is 2.73 bits per heavy atom. The molecule has 22 heavy (non-hydrogen) atoms. The Hall–Kier alpha value is -2.47. The number of carbonyl (C=O) groups is 1. The van der Waals surface area contributed by atoms with Crippen LogP contribution >= 0.6 is 11.3 Å². The van der Waals surface area contributed by atoms with Crippen LogP contribution in [-0.4, -0.2) is 15.3 Å². The van der Waals surface area contributed by atoms with Crippen molar-refractivity contribution in [1.82, 2.24) is 14.7 Å². The molecule has 0 radical (unpaired) electrons. The third kappa shape index (κ3) is 2.78. The average Bonchev–Trinajstić information content (AvgIpc) is 3.03. The molecule has 3 aromatic rings. The van der Waals surface area contributed by atoms with E-state index in [1.54, 1.807) is 11.6 Å². The molecular formula is C16H15N3O2S. The van der Waals surface area contributed by atoms with Gasteiger partial charge in [0.2, 0.25) is 0 Å². The number of benzene rings is 1. The third-order valence-corrected chi connectivity index (χ3v) is 4.24. The molecule has 0 atom stereocenters. The quantitative estimate of drug-likeness (QED) is 0.803. The number of nitrogens with zero attached hydrogens (tertiary/aromatic N) is 2. The summed E-state index contributed by atoms with van der Waals surface area (Å²) < 4.78 is 1.38. The van der Waals surface area contributed by atoms with Crippen LogP contribution in [0.5, 0.6) is 0 Å². The molecule has 0 saturated carbocycles. The molecular weight excluding hydrogens is 298 g/mol. The normalized spacial score (nSPS) is 10.8. The smallest absolute Gasteiger partial charge is 0.271 e. The Morgan fingerprint density at radius 1 is 1.27 bits per heavy atom. The van der Waals surface area contributed by atoms with Crippen molar-refractivity contribution in [3.63, 3.8) is 0 Å². The number of nitrogens with one attached hydrogen (secondary N) is 1. The highest BCUT2D eigenvalue weighted by molar-refractivity contribution is 7.15. The summed E-state index contributed by atoms with van der Waals surface area (Å²) in [6, 6.07) is 8.03. The summed E-state index contributed by atoms with van der Waals surface area (Å²) in [7, 11) is 0. The summed E-state index contributed by atoms with van der Waals surface area (Å²) >= 11 is 1.36. The number of hydrogen-bond donors (Lipinski definition) is 1. The van der Waals surface area contributed by atoms with Crippen LogP contribution in [-0.2, 0) is 13.0 Å². The molecule has 0 aliphatic rings. The fraction of sp³-hybridized carbons (Fsp3) is 0.188. The van der Waals surface area contributed by atoms with Gasteiger partial charge in [-0.05, 0) is 17.5 Å². The van der Waals surface area contributed by atoms with Gasteiger partial charge in [0.05, 0.1) is 0 Å². The second-order valence-corrected chi connectivity index (χ2v) is 5.76. The lowest BCUT2D eigenvalue weighted by atomic mass is 10.1. The monoisotopic (exact) mass is 313 g/mol. The van der Waals surface area contributed by atoms with Crippen LogP contribution in [0.4, 0.5) is 0 Å². The van der Waals surface area contributed by atoms with Gasteiger partial charge < -0.3 is 5.32 Å². The average molecular weight is 313 g/mol. The van der Waals surface area contributed by atoms with Crippen molar-refractivity contribution in [1.29, 1.82) is 0 Å². The van der Waals surface area contributed by atoms with Crippen LogP contribution in [0.25, 0.3) is 4.96 Å². The van der Waals surface area contributed by atoms with Crippen molar-refractivity contribution in [2.45, 2.75) is 19.9 Å². The van der Waals surface area contributed by atoms with Crippen LogP contribution in [0.2, 0.25) is 0 Å². The number of rotatable bonds is 4. The molecule has 0 aliphatic heterocycles. The standard InChI is InChI=1S/C16H15N3O2S/c1-2-11-3-5-12(6-4-11)9-17-14(20)13-10-18-16-19(15(13)21)7-8-22-16/h3-8,10H,2,9H2,1H3,(H,17,20). The van der Waals surface area contributed by atoms with Gasteiger partial charge in [0.15, 0.2) is 4.96 Å². The zero-order valence-corrected chi connectivity index (χ0v) is 12.9. The molecule has 3 rings (SSSR count). The molecule has 1 amide bonds. The van der Waals surface area contributed by atoms with Crippen molar-refractivity contribution in [3.05, 3.63) is 69.1 Å². The largest absolute Gasteiger partial charge is 0.348 e. The van der Waals surface area contributed by atoms with Gasteiger partial charge >= 0.3 is 0 Å². The van der Waals surface area contributed by atoms with Gasteiger partial charge in [-0.1, -0.05) is 31.2 Å². The Kier molecular flexibility index (Phi) is 4.02. The fourth-order valence-corrected chi connectivity index (χ4v) is 2.83. The van der Waals surface area contributed by atoms with Gasteiger partial charge in [0, 0.05) is 24.3 Å². The minimum absolute atomic E-state index is 0.0566. The summed E-state index contributed by atoms with van der Waals surface area (Å²) in [6.45, 7) is 2.48. The Labute approximate surface area is 131 Å². The SMILES string of the molecule is CCc1ccc(CNC(=O)c2cnc3sccn3c2=O)cc1. The first kappa shape index (κ1) is 14.5. The predicted molar refractivity (Wildman–Crippen MR) is 86.3 cm³/mol. The molecule has 5 nitrogen and oxygen atoms in total. The van der Waals surface area contributed by atoms with Crippen molar-refractivity contribution in [2.75, 3.05) is 0 Å². The molecule has 0 saturated heterocycles. The van der Waals surface area contributed by atoms with E-state index < -0.39 is 5.91 Å². The molecule has 0 aliphatic carbocycles. The Morgan fingerprint density at radius 2 is 2.00 bits per heavy atom. The lowest BCUT2D eigenvalue weighted by Gasteiger charge is -2.06. The summed E-state index contributed by atoms with van der Waals surface area (Å²) in [4.78, 5) is 29.1. The third-order valence-electron chi connectivity index (χ3n) is 3.47. The maximum absolute atomic E-state index is 12.2. The minimum atomic E-state index is -0.405. The van der Waals surface area contributed by atoms with E-state index in [-0.39, 0.29) is 11.1 Å². The van der Waals surface area contributed by atoms with Crippen molar-refractivity contribution >= 4 is 22.2 Å². The lowest BCUT2D eigenvalue weighted by molar-refractivity contribution is 0.0949. The van der Waals surface area contributed by atoms with E-state index in [2.05, 4.69) is 17.2 Å². The summed E-state index contributed by atoms with van der Waals surface area (Å²) in [5.74, 6) is -0.405. The first-order valence-corrected chi connectivity index (χ1v) is 7.88. The maximum Gasteiger partial charge on any atom is 0.271 e. The van der Waals surface area contributed by atoms with Gasteiger partial charge in [-0.25, -0.2) is 4.98 Å². The van der Waals surface area contributed by atoms with E-state index in [9.17, 15) is 9.59 Å². The van der Waals surface area contributed by atoms with Crippen LogP contribution in [0.15, 0.2) is 46.8 Å². The van der Waals surface area contributed by atoms with E-state index >= 15 is 0 Å². The van der Waals surface area contributed by atoms with E-state index in [1.807, 2.05) is 24.3 Å². The van der Waals surface area contributed by atoms with Crippen LogP contribution in [0.3, 0.4) is 0 Å². The van der Waals surface area contributed by atoms with Gasteiger partial charge in [-0.15, -0.1) is 11.3 Å². The zero-order chi connectivity index (χ0) is 15.5. The summed E-state index contributed by atoms with van der Waals surface area (Å²) in [5, 5.41) is 4.53. The lowest BCUT2D eigenvalue weighted by Crippen LogP contribution is -2.30. The van der Waals surface area contributed by atoms with E-state index in [1.165, 1.54) is 27.5 Å². The van der Waals surface area contributed by atoms with E-state index in [0.717, 1.165) is 12.0 Å². The molecule has 2 heterocycles. The predicted octanol–water partition coefficient (Wildman–Crippen LogP) is 2.25. The molecule has 1 N–H and O–H groups in total. The molecule has 1 aromatic carbocycles. The van der Waals surface area contributed by atoms with Gasteiger partial charge in [-0.3, -0.25) is 14.0 Å². The zero-order valence-electron chi connectivity index (χ0n) is 12.1. The highest BCUT2D eigenvalue weighted by Crippen LogP contribution is 2.07. The summed E-state index contributed by atoms with van der Waals surface area (Å²) in [6.07, 6.45) is 3.94. The maximum atomic E-state index is 12.2. The Balaban J connectivity index is 1.75. The van der Waals surface area contributed by atoms with E-state index in [4.69, 9.17) is 0 Å². The van der Waals surface area contributed by atoms with Crippen LogP contribution in [0.1, 0.15) is 28.4 Å². The fourth-order valence-electron chi connectivity index (χ4n) is 2.15. The van der Waals surface area contributed by atoms with Crippen molar-refractivity contribution < 1.29 is 4.79 Å². The molecule has 6 heteroatoms. The first-order valence-electron chi connectivity index (χ1n) is 7.00. The number of aryl methyl sites for hydroxylation is 1. The van der Waals surface area contributed by atoms with Crippen LogP contribution in [0, 0.1) is 0 Å². The topological polar surface area (TPSA) is 63.5 Å². The van der Waals surface area contributed by atoms with Gasteiger partial charge in [0.25, 0.3) is 11.5 Å². The number of hydrogen-bond acceptors (Lipinski definition) is 4. The number of thiazole rings is 1. The van der Waals surface area contributed by atoms with Crippen molar-refractivity contribution in [2.24, 2.45) is 0 Å². The highest BCUT2D eigenvalue weighted by Gasteiger charge is 2.13. The number of amides is 1. The second-order valence-electron chi connectivity index (χ2n) is 4.89. The molecule has 2 aromatic heterocycles. The number of fused-ring (bicyclic) bond motifs is 1. The molecule has 0 unspecified atom stereocenters. The highest BCUT2D eigenvalue weighted by atomic mass is 32.1. The summed E-state index contributed by atoms with van der Waals surface area (Å²) in [5.41, 5.74) is 1.96. The van der Waals surface area contributed by atoms with Gasteiger partial charge in [0.1, 0.15) is 5.56 Å². The van der Waals surface area contributed by atoms with Gasteiger partial charge in [-0.2, -0.15) is 0 Å². The molecule has 0 fully saturated rings. The molecule has 112 valence electrons. The second kappa shape index (κ2) is 6.11. The van der Waals surface area contributed by atoms with E-state index in [0.29, 0.717) is 11.5 Å². The minimum Gasteiger partial charge on any atom is -0.348 e. The molecule has 0 bridgehead atoms. The number of carbonyl (C=O) groups excluding carboxylic acids is 1. The first-order chi connectivity index (χ1) is 10.7. The van der Waals surface area contributed by atoms with Crippen molar-refractivity contribution in [3.8, 4) is 0 Å². The number of aromatic nitrogens is 2. The van der Waals surface area contributed by atoms with Crippen LogP contribution < -0.4 is 10.9 Å². The molecule has 0 spiro atoms. The Bertz CT molecular complexity index is 865.